The van der Waals surface area contributed by atoms with Crippen molar-refractivity contribution in [2.45, 2.75) is 68.3 Å². The van der Waals surface area contributed by atoms with Crippen LogP contribution in [0.5, 0.6) is 28.7 Å². The smallest absolute Gasteiger partial charge is 0.239 e. The summed E-state index contributed by atoms with van der Waals surface area (Å²) < 4.78 is 33.0. The van der Waals surface area contributed by atoms with Gasteiger partial charge in [0.1, 0.15) is 59.4 Å². The van der Waals surface area contributed by atoms with Crippen LogP contribution in [0.2, 0.25) is 0 Å². The number of benzene rings is 2. The Morgan fingerprint density at radius 1 is 0.795 bits per heavy atom. The molecule has 0 saturated carbocycles. The molecule has 2 aliphatic rings. The molecule has 2 aliphatic heterocycles. The van der Waals surface area contributed by atoms with E-state index in [0.717, 1.165) is 13.2 Å². The van der Waals surface area contributed by atoms with Crippen molar-refractivity contribution in [2.75, 3.05) is 13.7 Å². The van der Waals surface area contributed by atoms with Gasteiger partial charge in [-0.25, -0.2) is 0 Å². The highest BCUT2D eigenvalue weighted by Gasteiger charge is 2.48. The van der Waals surface area contributed by atoms with E-state index in [1.165, 1.54) is 31.2 Å². The molecule has 16 nitrogen and oxygen atoms in total. The van der Waals surface area contributed by atoms with Gasteiger partial charge in [-0.3, -0.25) is 4.79 Å². The fourth-order valence-corrected chi connectivity index (χ4v) is 5.01. The summed E-state index contributed by atoms with van der Waals surface area (Å²) in [6.45, 7) is 0.845. The average molecular weight is 625 g/mol. The number of aromatic hydroxyl groups is 3. The van der Waals surface area contributed by atoms with E-state index in [1.807, 2.05) is 0 Å². The summed E-state index contributed by atoms with van der Waals surface area (Å²) in [6.07, 6.45) is -16.0. The molecule has 0 unspecified atom stereocenters. The molecular formula is C28H32O16. The summed E-state index contributed by atoms with van der Waals surface area (Å²) in [5.41, 5.74) is -1.11. The minimum Gasteiger partial charge on any atom is -0.508 e. The van der Waals surface area contributed by atoms with Crippen LogP contribution >= 0.6 is 0 Å². The number of ether oxygens (including phenoxy) is 5. The topological polar surface area (TPSA) is 258 Å². The Kier molecular flexibility index (Phi) is 8.90. The predicted molar refractivity (Wildman–Crippen MR) is 145 cm³/mol. The Hall–Kier alpha value is -3.71. The van der Waals surface area contributed by atoms with Crippen LogP contribution < -0.4 is 14.9 Å². The minimum atomic E-state index is -1.94. The van der Waals surface area contributed by atoms with Crippen LogP contribution in [0.4, 0.5) is 0 Å². The van der Waals surface area contributed by atoms with Gasteiger partial charge in [0, 0.05) is 11.6 Å². The van der Waals surface area contributed by atoms with Crippen LogP contribution in [0.15, 0.2) is 39.5 Å². The molecule has 44 heavy (non-hydrogen) atoms. The Morgan fingerprint density at radius 2 is 1.43 bits per heavy atom. The molecule has 5 rings (SSSR count). The molecule has 16 heteroatoms. The lowest BCUT2D eigenvalue weighted by Crippen LogP contribution is -2.61. The van der Waals surface area contributed by atoms with E-state index in [0.29, 0.717) is 0 Å². The van der Waals surface area contributed by atoms with Gasteiger partial charge in [-0.2, -0.15) is 0 Å². The third-order valence-electron chi connectivity index (χ3n) is 7.52. The Labute approximate surface area is 248 Å². The highest BCUT2D eigenvalue weighted by Crippen LogP contribution is 2.43. The van der Waals surface area contributed by atoms with Gasteiger partial charge in [0.05, 0.1) is 19.8 Å². The number of rotatable bonds is 7. The molecular weight excluding hydrogens is 592 g/mol. The number of phenolic OH excluding ortho intramolecular Hbond substituents is 3. The van der Waals surface area contributed by atoms with Gasteiger partial charge in [-0.05, 0) is 31.2 Å². The van der Waals surface area contributed by atoms with Crippen molar-refractivity contribution in [2.24, 2.45) is 0 Å². The average Bonchev–Trinajstić information content (AvgIpc) is 2.99. The fraction of sp³-hybridized carbons (Fsp3) is 0.464. The molecule has 1 aromatic heterocycles. The van der Waals surface area contributed by atoms with Crippen molar-refractivity contribution < 1.29 is 74.1 Å². The first kappa shape index (κ1) is 31.7. The lowest BCUT2D eigenvalue weighted by atomic mass is 9.98. The summed E-state index contributed by atoms with van der Waals surface area (Å²) in [5.74, 6) is -2.78. The van der Waals surface area contributed by atoms with E-state index in [2.05, 4.69) is 0 Å². The Morgan fingerprint density at radius 3 is 2.09 bits per heavy atom. The highest BCUT2D eigenvalue weighted by molar-refractivity contribution is 5.91. The summed E-state index contributed by atoms with van der Waals surface area (Å²) in [5, 5.41) is 92.3. The lowest BCUT2D eigenvalue weighted by molar-refractivity contribution is -0.318. The second kappa shape index (κ2) is 12.4. The molecule has 2 aromatic carbocycles. The molecule has 240 valence electrons. The SMILES string of the molecule is COc1c(O)cc2oc(-c3ccc(O)cc3)c(O[C@@H]3O[C@@H](CO[C@@H]4O[C@H](C)[C@H](O)[C@H](O)[C@H]4O)[C@@H](O)[C@@H](O)[C@H]3O)c(=O)c2c1O. The zero-order chi connectivity index (χ0) is 32.0. The maximum atomic E-state index is 13.8. The summed E-state index contributed by atoms with van der Waals surface area (Å²) >= 11 is 0. The molecule has 3 aromatic rings. The largest absolute Gasteiger partial charge is 0.508 e. The van der Waals surface area contributed by atoms with Gasteiger partial charge in [0.2, 0.25) is 23.2 Å². The molecule has 10 atom stereocenters. The van der Waals surface area contributed by atoms with Crippen molar-refractivity contribution >= 4 is 11.0 Å². The lowest BCUT2D eigenvalue weighted by Gasteiger charge is -2.42. The number of hydrogen-bond acceptors (Lipinski definition) is 16. The monoisotopic (exact) mass is 624 g/mol. The van der Waals surface area contributed by atoms with E-state index in [1.54, 1.807) is 0 Å². The molecule has 0 amide bonds. The number of fused-ring (bicyclic) bond motifs is 1. The van der Waals surface area contributed by atoms with E-state index < -0.39 is 102 Å². The van der Waals surface area contributed by atoms with E-state index in [9.17, 15) is 50.8 Å². The van der Waals surface area contributed by atoms with Gasteiger partial charge < -0.3 is 74.1 Å². The first-order valence-electron chi connectivity index (χ1n) is 13.4. The first-order chi connectivity index (χ1) is 20.8. The molecule has 0 spiro atoms. The van der Waals surface area contributed by atoms with E-state index in [-0.39, 0.29) is 22.7 Å². The second-order valence-electron chi connectivity index (χ2n) is 10.4. The number of methoxy groups -OCH3 is 1. The third kappa shape index (κ3) is 5.63. The van der Waals surface area contributed by atoms with Crippen LogP contribution in [-0.4, -0.2) is 121 Å². The predicted octanol–water partition coefficient (Wildman–Crippen LogP) is -1.38. The van der Waals surface area contributed by atoms with E-state index >= 15 is 0 Å². The minimum absolute atomic E-state index is 0.117. The molecule has 0 radical (unpaired) electrons. The zero-order valence-corrected chi connectivity index (χ0v) is 23.3. The van der Waals surface area contributed by atoms with Gasteiger partial charge >= 0.3 is 0 Å². The highest BCUT2D eigenvalue weighted by atomic mass is 16.7. The third-order valence-corrected chi connectivity index (χ3v) is 7.52. The number of hydrogen-bond donors (Lipinski definition) is 9. The summed E-state index contributed by atoms with van der Waals surface area (Å²) in [6, 6.07) is 6.32. The van der Waals surface area contributed by atoms with Crippen molar-refractivity contribution in [1.29, 1.82) is 0 Å². The van der Waals surface area contributed by atoms with Gasteiger partial charge in [0.15, 0.2) is 23.5 Å². The molecule has 9 N–H and O–H groups in total. The van der Waals surface area contributed by atoms with Crippen molar-refractivity contribution in [3.8, 4) is 40.1 Å². The van der Waals surface area contributed by atoms with Crippen LogP contribution in [0.3, 0.4) is 0 Å². The number of phenols is 3. The summed E-state index contributed by atoms with van der Waals surface area (Å²) in [4.78, 5) is 13.8. The van der Waals surface area contributed by atoms with Crippen LogP contribution in [0.25, 0.3) is 22.3 Å². The number of aliphatic hydroxyl groups is 6. The zero-order valence-electron chi connectivity index (χ0n) is 23.3. The van der Waals surface area contributed by atoms with Gasteiger partial charge in [0.25, 0.3) is 0 Å². The maximum absolute atomic E-state index is 13.8. The van der Waals surface area contributed by atoms with Gasteiger partial charge in [-0.15, -0.1) is 0 Å². The Balaban J connectivity index is 1.49. The quantitative estimate of drug-likeness (QED) is 0.147. The standard InChI is InChI=1S/C28H32O16/c1-9-16(31)20(35)22(37)27(41-9)40-8-14-17(32)21(36)23(38)28(43-14)44-26-19(34)15-13(7-12(30)25(39-2)18(15)33)42-24(26)10-3-5-11(29)6-4-10/h3-7,9,14,16-17,20-23,27-33,35-38H,8H2,1-2H3/t9-,14+,16+,17-,20+,21-,22-,23-,27-,28+/m1/s1. The van der Waals surface area contributed by atoms with Crippen LogP contribution in [0, 0.1) is 0 Å². The van der Waals surface area contributed by atoms with Crippen molar-refractivity contribution in [3.63, 3.8) is 0 Å². The number of aliphatic hydroxyl groups excluding tert-OH is 6. The summed E-state index contributed by atoms with van der Waals surface area (Å²) in [7, 11) is 1.15. The Bertz CT molecular complexity index is 1540. The van der Waals surface area contributed by atoms with E-state index in [4.69, 9.17) is 28.1 Å². The molecule has 0 bridgehead atoms. The molecule has 2 saturated heterocycles. The normalized spacial score (nSPS) is 32.5. The van der Waals surface area contributed by atoms with Crippen LogP contribution in [0.1, 0.15) is 6.92 Å². The second-order valence-corrected chi connectivity index (χ2v) is 10.4. The first-order valence-corrected chi connectivity index (χ1v) is 13.4. The molecule has 2 fully saturated rings. The van der Waals surface area contributed by atoms with Gasteiger partial charge in [-0.1, -0.05) is 0 Å². The molecule has 0 aliphatic carbocycles. The maximum Gasteiger partial charge on any atom is 0.239 e. The molecule has 3 heterocycles. The van der Waals surface area contributed by atoms with Crippen molar-refractivity contribution in [3.05, 3.63) is 40.6 Å². The van der Waals surface area contributed by atoms with Crippen LogP contribution in [-0.2, 0) is 14.2 Å². The fourth-order valence-electron chi connectivity index (χ4n) is 5.01. The van der Waals surface area contributed by atoms with Crippen molar-refractivity contribution in [1.82, 2.24) is 0 Å².